The fourth-order valence-corrected chi connectivity index (χ4v) is 3.97. The molecule has 0 saturated heterocycles. The normalized spacial score (nSPS) is 14.8. The number of nitrogens with one attached hydrogen (secondary N) is 2. The fourth-order valence-electron chi connectivity index (χ4n) is 3.97. The number of hydrogen-bond acceptors (Lipinski definition) is 4. The highest BCUT2D eigenvalue weighted by atomic mass is 16.5. The Hall–Kier alpha value is -3.61. The van der Waals surface area contributed by atoms with Crippen LogP contribution in [0.2, 0.25) is 0 Å². The van der Waals surface area contributed by atoms with E-state index in [2.05, 4.69) is 15.7 Å². The van der Waals surface area contributed by atoms with Gasteiger partial charge in [-0.15, -0.1) is 0 Å². The van der Waals surface area contributed by atoms with Crippen LogP contribution in [0.1, 0.15) is 37.6 Å². The number of amides is 2. The summed E-state index contributed by atoms with van der Waals surface area (Å²) in [6, 6.07) is 14.7. The number of aromatic nitrogens is 2. The lowest BCUT2D eigenvalue weighted by molar-refractivity contribution is -0.123. The van der Waals surface area contributed by atoms with Gasteiger partial charge in [-0.3, -0.25) is 9.59 Å². The monoisotopic (exact) mass is 418 g/mol. The van der Waals surface area contributed by atoms with Gasteiger partial charge in [-0.05, 0) is 42.2 Å². The van der Waals surface area contributed by atoms with Gasteiger partial charge < -0.3 is 15.4 Å². The van der Waals surface area contributed by atoms with Gasteiger partial charge in [0.25, 0.3) is 5.91 Å². The van der Waals surface area contributed by atoms with Gasteiger partial charge in [0.15, 0.2) is 0 Å². The molecule has 0 fully saturated rings. The van der Waals surface area contributed by atoms with Gasteiger partial charge in [0.2, 0.25) is 5.91 Å². The van der Waals surface area contributed by atoms with E-state index in [1.807, 2.05) is 62.4 Å². The first-order chi connectivity index (χ1) is 15.0. The molecule has 1 atom stereocenters. The van der Waals surface area contributed by atoms with Crippen molar-refractivity contribution in [2.24, 2.45) is 0 Å². The van der Waals surface area contributed by atoms with Crippen LogP contribution in [-0.2, 0) is 22.4 Å². The molecule has 7 heteroatoms. The van der Waals surface area contributed by atoms with Gasteiger partial charge in [0, 0.05) is 11.3 Å². The Morgan fingerprint density at radius 2 is 1.97 bits per heavy atom. The minimum absolute atomic E-state index is 0.0132. The van der Waals surface area contributed by atoms with Crippen LogP contribution in [0.15, 0.2) is 48.5 Å². The number of nitrogens with zero attached hydrogens (tertiary/aromatic N) is 2. The molecule has 0 bridgehead atoms. The largest absolute Gasteiger partial charge is 0.497 e. The van der Waals surface area contributed by atoms with Gasteiger partial charge in [0.05, 0.1) is 19.2 Å². The van der Waals surface area contributed by atoms with E-state index >= 15 is 0 Å². The van der Waals surface area contributed by atoms with Gasteiger partial charge in [0.1, 0.15) is 17.6 Å². The molecule has 1 aliphatic heterocycles. The average Bonchev–Trinajstić information content (AvgIpc) is 3.29. The molecule has 3 aromatic rings. The van der Waals surface area contributed by atoms with E-state index in [1.165, 1.54) is 0 Å². The summed E-state index contributed by atoms with van der Waals surface area (Å²) in [5.74, 6) is 0.912. The predicted molar refractivity (Wildman–Crippen MR) is 120 cm³/mol. The molecule has 2 amide bonds. The maximum atomic E-state index is 12.8. The standard InChI is InChI=1S/C24H26N4O3/c1-4-15-9-6-7-12-19(15)25-21(29)14-20-24(30)26-23-22(18(5-2)27-28(20)23)16-10-8-11-17(13-16)31-3/h6-13,20H,4-5,14H2,1-3H3,(H,25,29)(H,26,30). The Kier molecular flexibility index (Phi) is 5.75. The molecule has 2 heterocycles. The number of carbonyl (C=O) groups excluding carboxylic acids is 2. The van der Waals surface area contributed by atoms with Crippen molar-refractivity contribution in [2.75, 3.05) is 17.7 Å². The Labute approximate surface area is 181 Å². The summed E-state index contributed by atoms with van der Waals surface area (Å²) in [5, 5.41) is 10.6. The maximum Gasteiger partial charge on any atom is 0.251 e. The number of rotatable bonds is 7. The van der Waals surface area contributed by atoms with E-state index in [1.54, 1.807) is 11.8 Å². The lowest BCUT2D eigenvalue weighted by Crippen LogP contribution is -2.24. The van der Waals surface area contributed by atoms with Crippen LogP contribution in [0.25, 0.3) is 11.1 Å². The minimum atomic E-state index is -0.687. The first-order valence-electron chi connectivity index (χ1n) is 10.5. The van der Waals surface area contributed by atoms with Crippen LogP contribution in [0, 0.1) is 0 Å². The minimum Gasteiger partial charge on any atom is -0.497 e. The van der Waals surface area contributed by atoms with E-state index in [9.17, 15) is 9.59 Å². The SMILES string of the molecule is CCc1ccccc1NC(=O)CC1C(=O)Nc2c(-c3cccc(OC)c3)c(CC)nn21. The van der Waals surface area contributed by atoms with Crippen molar-refractivity contribution in [3.05, 3.63) is 59.8 Å². The molecule has 0 saturated carbocycles. The van der Waals surface area contributed by atoms with Crippen molar-refractivity contribution in [3.63, 3.8) is 0 Å². The van der Waals surface area contributed by atoms with E-state index in [0.717, 1.165) is 40.2 Å². The summed E-state index contributed by atoms with van der Waals surface area (Å²) in [7, 11) is 1.62. The number of carbonyl (C=O) groups is 2. The molecule has 2 aromatic carbocycles. The lowest BCUT2D eigenvalue weighted by atomic mass is 10.0. The van der Waals surface area contributed by atoms with Crippen LogP contribution in [0.3, 0.4) is 0 Å². The first-order valence-corrected chi connectivity index (χ1v) is 10.5. The summed E-state index contributed by atoms with van der Waals surface area (Å²) < 4.78 is 7.00. The summed E-state index contributed by atoms with van der Waals surface area (Å²) in [5.41, 5.74) is 4.49. The predicted octanol–water partition coefficient (Wildman–Crippen LogP) is 4.21. The van der Waals surface area contributed by atoms with Crippen LogP contribution >= 0.6 is 0 Å². The number of ether oxygens (including phenoxy) is 1. The van der Waals surface area contributed by atoms with Crippen molar-refractivity contribution in [1.82, 2.24) is 9.78 Å². The Bertz CT molecular complexity index is 1140. The van der Waals surface area contributed by atoms with Gasteiger partial charge in [-0.2, -0.15) is 5.10 Å². The van der Waals surface area contributed by atoms with Crippen LogP contribution in [0.4, 0.5) is 11.5 Å². The zero-order chi connectivity index (χ0) is 22.0. The number of aryl methyl sites for hydroxylation is 2. The molecule has 1 unspecified atom stereocenters. The van der Waals surface area contributed by atoms with Crippen molar-refractivity contribution in [3.8, 4) is 16.9 Å². The number of fused-ring (bicyclic) bond motifs is 1. The third-order valence-electron chi connectivity index (χ3n) is 5.57. The van der Waals surface area contributed by atoms with Crippen molar-refractivity contribution in [2.45, 2.75) is 39.2 Å². The molecular formula is C24H26N4O3. The highest BCUT2D eigenvalue weighted by Crippen LogP contribution is 2.39. The molecule has 4 rings (SSSR count). The second-order valence-corrected chi connectivity index (χ2v) is 7.47. The molecule has 160 valence electrons. The molecule has 0 spiro atoms. The van der Waals surface area contributed by atoms with Crippen molar-refractivity contribution < 1.29 is 14.3 Å². The fraction of sp³-hybridized carbons (Fsp3) is 0.292. The molecular weight excluding hydrogens is 392 g/mol. The van der Waals surface area contributed by atoms with E-state index in [4.69, 9.17) is 4.74 Å². The molecule has 1 aromatic heterocycles. The molecule has 31 heavy (non-hydrogen) atoms. The third kappa shape index (κ3) is 3.91. The Morgan fingerprint density at radius 3 is 2.71 bits per heavy atom. The number of anilines is 2. The maximum absolute atomic E-state index is 12.8. The number of methoxy groups -OCH3 is 1. The summed E-state index contributed by atoms with van der Waals surface area (Å²) in [6.07, 6.45) is 1.53. The van der Waals surface area contributed by atoms with Crippen molar-refractivity contribution >= 4 is 23.3 Å². The van der Waals surface area contributed by atoms with Gasteiger partial charge in [-0.25, -0.2) is 4.68 Å². The molecule has 2 N–H and O–H groups in total. The Morgan fingerprint density at radius 1 is 1.16 bits per heavy atom. The highest BCUT2D eigenvalue weighted by Gasteiger charge is 2.36. The van der Waals surface area contributed by atoms with E-state index in [-0.39, 0.29) is 18.2 Å². The zero-order valence-electron chi connectivity index (χ0n) is 17.9. The number of para-hydroxylation sites is 1. The summed E-state index contributed by atoms with van der Waals surface area (Å²) in [4.78, 5) is 25.5. The third-order valence-corrected chi connectivity index (χ3v) is 5.57. The first kappa shape index (κ1) is 20.7. The Balaban J connectivity index is 1.62. The van der Waals surface area contributed by atoms with Crippen LogP contribution < -0.4 is 15.4 Å². The van der Waals surface area contributed by atoms with Crippen LogP contribution in [-0.4, -0.2) is 28.7 Å². The quantitative estimate of drug-likeness (QED) is 0.602. The average molecular weight is 418 g/mol. The zero-order valence-corrected chi connectivity index (χ0v) is 17.9. The number of benzene rings is 2. The molecule has 0 radical (unpaired) electrons. The summed E-state index contributed by atoms with van der Waals surface area (Å²) in [6.45, 7) is 4.06. The molecule has 0 aliphatic carbocycles. The van der Waals surface area contributed by atoms with Crippen molar-refractivity contribution in [1.29, 1.82) is 0 Å². The molecule has 7 nitrogen and oxygen atoms in total. The van der Waals surface area contributed by atoms with E-state index < -0.39 is 6.04 Å². The molecule has 1 aliphatic rings. The van der Waals surface area contributed by atoms with E-state index in [0.29, 0.717) is 12.2 Å². The van der Waals surface area contributed by atoms with Gasteiger partial charge >= 0.3 is 0 Å². The van der Waals surface area contributed by atoms with Crippen LogP contribution in [0.5, 0.6) is 5.75 Å². The van der Waals surface area contributed by atoms with Gasteiger partial charge in [-0.1, -0.05) is 44.2 Å². The second kappa shape index (κ2) is 8.63. The summed E-state index contributed by atoms with van der Waals surface area (Å²) >= 11 is 0. The highest BCUT2D eigenvalue weighted by molar-refractivity contribution is 6.04. The number of hydrogen-bond donors (Lipinski definition) is 2. The smallest absolute Gasteiger partial charge is 0.251 e. The topological polar surface area (TPSA) is 85.2 Å². The second-order valence-electron chi connectivity index (χ2n) is 7.47. The lowest BCUT2D eigenvalue weighted by Gasteiger charge is -2.12.